The summed E-state index contributed by atoms with van der Waals surface area (Å²) in [5, 5.41) is 1.44. The van der Waals surface area contributed by atoms with E-state index in [9.17, 15) is 0 Å². The first-order chi connectivity index (χ1) is 6.26. The van der Waals surface area contributed by atoms with Crippen molar-refractivity contribution in [3.05, 3.63) is 29.8 Å². The molecule has 0 aromatic heterocycles. The van der Waals surface area contributed by atoms with E-state index in [1.54, 1.807) is 0 Å². The minimum absolute atomic E-state index is 0.825. The van der Waals surface area contributed by atoms with Gasteiger partial charge in [-0.25, -0.2) is 0 Å². The van der Waals surface area contributed by atoms with Gasteiger partial charge in [0.2, 0.25) is 0 Å². The van der Waals surface area contributed by atoms with Crippen molar-refractivity contribution in [2.75, 3.05) is 13.1 Å². The summed E-state index contributed by atoms with van der Waals surface area (Å²) in [6, 6.07) is 8.83. The van der Waals surface area contributed by atoms with Crippen LogP contribution in [0.15, 0.2) is 24.3 Å². The summed E-state index contributed by atoms with van der Waals surface area (Å²) in [6.45, 7) is 8.84. The zero-order valence-electron chi connectivity index (χ0n) is 8.67. The molecule has 0 saturated heterocycles. The van der Waals surface area contributed by atoms with Gasteiger partial charge in [-0.05, 0) is 34.0 Å². The van der Waals surface area contributed by atoms with Crippen LogP contribution < -0.4 is 5.30 Å². The molecule has 0 bridgehead atoms. The van der Waals surface area contributed by atoms with Crippen LogP contribution in [0.5, 0.6) is 0 Å². The molecule has 0 saturated carbocycles. The van der Waals surface area contributed by atoms with Crippen molar-refractivity contribution in [3.8, 4) is 0 Å². The molecule has 2 heteroatoms. The molecule has 0 aliphatic heterocycles. The molecule has 1 nitrogen and oxygen atoms in total. The molecule has 0 heterocycles. The quantitative estimate of drug-likeness (QED) is 0.667. The average Bonchev–Trinajstić information content (AvgIpc) is 2.17. The largest absolute Gasteiger partial charge is 0.281 e. The molecular formula is C11H18NP. The topological polar surface area (TPSA) is 3.24 Å². The highest BCUT2D eigenvalue weighted by Gasteiger charge is 1.99. The Morgan fingerprint density at radius 3 is 2.08 bits per heavy atom. The first-order valence-corrected chi connectivity index (χ1v) is 5.79. The summed E-state index contributed by atoms with van der Waals surface area (Å²) >= 11 is 0. The molecule has 1 aromatic carbocycles. The standard InChI is InChI=1S/C11H18NP/c1-4-12(5-2)13-11-8-6-10(3)7-9-11/h6-9,13H,4-5H2,1-3H3. The van der Waals surface area contributed by atoms with Gasteiger partial charge in [-0.15, -0.1) is 0 Å². The van der Waals surface area contributed by atoms with Gasteiger partial charge >= 0.3 is 0 Å². The number of nitrogens with zero attached hydrogens (tertiary/aromatic N) is 1. The molecule has 72 valence electrons. The Kier molecular flexibility index (Phi) is 4.41. The summed E-state index contributed by atoms with van der Waals surface area (Å²) in [7, 11) is 0.825. The van der Waals surface area contributed by atoms with E-state index in [0.29, 0.717) is 0 Å². The second-order valence-corrected chi connectivity index (χ2v) is 4.58. The normalized spacial score (nSPS) is 11.7. The molecule has 0 radical (unpaired) electrons. The van der Waals surface area contributed by atoms with Gasteiger partial charge in [0, 0.05) is 0 Å². The lowest BCUT2D eigenvalue weighted by Gasteiger charge is -2.17. The van der Waals surface area contributed by atoms with E-state index < -0.39 is 0 Å². The van der Waals surface area contributed by atoms with Gasteiger partial charge in [0.1, 0.15) is 0 Å². The van der Waals surface area contributed by atoms with Crippen LogP contribution in [0.4, 0.5) is 0 Å². The lowest BCUT2D eigenvalue weighted by molar-refractivity contribution is 0.519. The fourth-order valence-electron chi connectivity index (χ4n) is 1.19. The third-order valence-corrected chi connectivity index (χ3v) is 3.64. The van der Waals surface area contributed by atoms with Crippen LogP contribution in [0.2, 0.25) is 0 Å². The number of benzene rings is 1. The van der Waals surface area contributed by atoms with Crippen molar-refractivity contribution in [1.29, 1.82) is 0 Å². The molecule has 0 N–H and O–H groups in total. The zero-order valence-corrected chi connectivity index (χ0v) is 9.67. The first kappa shape index (κ1) is 10.7. The van der Waals surface area contributed by atoms with Crippen LogP contribution in [0.3, 0.4) is 0 Å². The summed E-state index contributed by atoms with van der Waals surface area (Å²) in [4.78, 5) is 0. The highest BCUT2D eigenvalue weighted by Crippen LogP contribution is 2.16. The van der Waals surface area contributed by atoms with Crippen molar-refractivity contribution in [3.63, 3.8) is 0 Å². The van der Waals surface area contributed by atoms with Crippen LogP contribution in [-0.2, 0) is 0 Å². The maximum Gasteiger partial charge on any atom is -0.000707 e. The van der Waals surface area contributed by atoms with Crippen LogP contribution in [-0.4, -0.2) is 17.8 Å². The summed E-state index contributed by atoms with van der Waals surface area (Å²) in [6.07, 6.45) is 0. The molecule has 0 aliphatic rings. The summed E-state index contributed by atoms with van der Waals surface area (Å²) in [5.41, 5.74) is 1.34. The minimum Gasteiger partial charge on any atom is -0.281 e. The van der Waals surface area contributed by atoms with E-state index in [2.05, 4.69) is 49.7 Å². The Morgan fingerprint density at radius 1 is 1.08 bits per heavy atom. The van der Waals surface area contributed by atoms with Crippen molar-refractivity contribution >= 4 is 14.0 Å². The second-order valence-electron chi connectivity index (χ2n) is 3.15. The Balaban J connectivity index is 2.58. The Labute approximate surface area is 83.0 Å². The zero-order chi connectivity index (χ0) is 9.68. The molecule has 0 aliphatic carbocycles. The van der Waals surface area contributed by atoms with Gasteiger partial charge in [-0.2, -0.15) is 0 Å². The van der Waals surface area contributed by atoms with E-state index in [-0.39, 0.29) is 0 Å². The van der Waals surface area contributed by atoms with Crippen LogP contribution in [0.25, 0.3) is 0 Å². The van der Waals surface area contributed by atoms with Crippen molar-refractivity contribution in [1.82, 2.24) is 4.67 Å². The molecule has 0 spiro atoms. The lowest BCUT2D eigenvalue weighted by Crippen LogP contribution is -2.16. The van der Waals surface area contributed by atoms with Crippen LogP contribution >= 0.6 is 8.73 Å². The predicted octanol–water partition coefficient (Wildman–Crippen LogP) is 2.56. The minimum atomic E-state index is 0.825. The summed E-state index contributed by atoms with van der Waals surface area (Å²) in [5.74, 6) is 0. The van der Waals surface area contributed by atoms with E-state index in [4.69, 9.17) is 0 Å². The number of rotatable bonds is 4. The molecule has 1 unspecified atom stereocenters. The van der Waals surface area contributed by atoms with E-state index in [1.165, 1.54) is 10.9 Å². The third kappa shape index (κ3) is 3.46. The molecule has 0 amide bonds. The average molecular weight is 195 g/mol. The Hall–Kier alpha value is -0.390. The molecule has 1 atom stereocenters. The molecule has 13 heavy (non-hydrogen) atoms. The lowest BCUT2D eigenvalue weighted by atomic mass is 10.2. The Bertz CT molecular complexity index is 239. The number of hydrogen-bond donors (Lipinski definition) is 0. The van der Waals surface area contributed by atoms with Gasteiger partial charge in [-0.3, -0.25) is 4.67 Å². The van der Waals surface area contributed by atoms with E-state index >= 15 is 0 Å². The number of hydrogen-bond acceptors (Lipinski definition) is 1. The Morgan fingerprint density at radius 2 is 1.62 bits per heavy atom. The van der Waals surface area contributed by atoms with Gasteiger partial charge in [0.25, 0.3) is 0 Å². The SMILES string of the molecule is CCN(CC)Pc1ccc(C)cc1. The monoisotopic (exact) mass is 195 g/mol. The van der Waals surface area contributed by atoms with Crippen molar-refractivity contribution < 1.29 is 0 Å². The van der Waals surface area contributed by atoms with Gasteiger partial charge < -0.3 is 0 Å². The van der Waals surface area contributed by atoms with Crippen LogP contribution in [0, 0.1) is 6.92 Å². The first-order valence-electron chi connectivity index (χ1n) is 4.84. The molecular weight excluding hydrogens is 177 g/mol. The maximum absolute atomic E-state index is 2.45. The highest BCUT2D eigenvalue weighted by molar-refractivity contribution is 7.44. The van der Waals surface area contributed by atoms with Crippen molar-refractivity contribution in [2.45, 2.75) is 20.8 Å². The van der Waals surface area contributed by atoms with E-state index in [0.717, 1.165) is 21.8 Å². The van der Waals surface area contributed by atoms with Gasteiger partial charge in [0.05, 0.1) is 0 Å². The number of aryl methyl sites for hydroxylation is 1. The molecule has 0 fully saturated rings. The second kappa shape index (κ2) is 5.36. The smallest absolute Gasteiger partial charge is 0.000707 e. The highest BCUT2D eigenvalue weighted by atomic mass is 31.1. The van der Waals surface area contributed by atoms with E-state index in [1.807, 2.05) is 0 Å². The van der Waals surface area contributed by atoms with Gasteiger partial charge in [-0.1, -0.05) is 43.7 Å². The molecule has 1 aromatic rings. The molecule has 1 rings (SSSR count). The van der Waals surface area contributed by atoms with Crippen molar-refractivity contribution in [2.24, 2.45) is 0 Å². The summed E-state index contributed by atoms with van der Waals surface area (Å²) < 4.78 is 2.45. The predicted molar refractivity (Wildman–Crippen MR) is 62.0 cm³/mol. The third-order valence-electron chi connectivity index (χ3n) is 2.10. The van der Waals surface area contributed by atoms with Gasteiger partial charge in [0.15, 0.2) is 0 Å². The fraction of sp³-hybridized carbons (Fsp3) is 0.455. The fourth-order valence-corrected chi connectivity index (χ4v) is 2.19. The van der Waals surface area contributed by atoms with Crippen LogP contribution in [0.1, 0.15) is 19.4 Å². The maximum atomic E-state index is 2.45.